The van der Waals surface area contributed by atoms with Crippen molar-refractivity contribution in [3.05, 3.63) is 66.0 Å². The maximum Gasteiger partial charge on any atom is 0.259 e. The van der Waals surface area contributed by atoms with E-state index in [0.29, 0.717) is 28.5 Å². The Hall–Kier alpha value is -3.41. The van der Waals surface area contributed by atoms with E-state index < -0.39 is 0 Å². The number of amides is 1. The van der Waals surface area contributed by atoms with Gasteiger partial charge in [0.1, 0.15) is 11.5 Å². The van der Waals surface area contributed by atoms with E-state index in [1.165, 1.54) is 6.20 Å². The molecule has 0 spiro atoms. The smallest absolute Gasteiger partial charge is 0.259 e. The number of methoxy groups -OCH3 is 2. The molecule has 1 amide bonds. The fraction of sp³-hybridized carbons (Fsp3) is 0.150. The van der Waals surface area contributed by atoms with Gasteiger partial charge in [0.05, 0.1) is 31.2 Å². The molecule has 1 heterocycles. The van der Waals surface area contributed by atoms with Gasteiger partial charge in [-0.25, -0.2) is 9.97 Å². The predicted molar refractivity (Wildman–Crippen MR) is 99.7 cm³/mol. The Morgan fingerprint density at radius 3 is 2.38 bits per heavy atom. The lowest BCUT2D eigenvalue weighted by Crippen LogP contribution is -2.15. The number of para-hydroxylation sites is 2. The van der Waals surface area contributed by atoms with Crippen LogP contribution in [0.1, 0.15) is 16.1 Å². The highest BCUT2D eigenvalue weighted by Gasteiger charge is 2.14. The molecule has 0 atom stereocenters. The molecule has 3 rings (SSSR count). The van der Waals surface area contributed by atoms with Crippen molar-refractivity contribution in [2.75, 3.05) is 19.5 Å². The third kappa shape index (κ3) is 3.64. The van der Waals surface area contributed by atoms with E-state index >= 15 is 0 Å². The second-order valence-corrected chi connectivity index (χ2v) is 5.58. The van der Waals surface area contributed by atoms with Gasteiger partial charge in [-0.15, -0.1) is 0 Å². The second-order valence-electron chi connectivity index (χ2n) is 5.58. The zero-order valence-electron chi connectivity index (χ0n) is 14.8. The van der Waals surface area contributed by atoms with E-state index in [0.717, 1.165) is 11.3 Å². The monoisotopic (exact) mass is 349 g/mol. The van der Waals surface area contributed by atoms with Gasteiger partial charge in [0.2, 0.25) is 0 Å². The van der Waals surface area contributed by atoms with Crippen molar-refractivity contribution >= 4 is 11.6 Å². The van der Waals surface area contributed by atoms with Gasteiger partial charge >= 0.3 is 0 Å². The van der Waals surface area contributed by atoms with Crippen molar-refractivity contribution in [3.8, 4) is 22.9 Å². The molecule has 1 aromatic heterocycles. The number of nitrogens with one attached hydrogen (secondary N) is 1. The summed E-state index contributed by atoms with van der Waals surface area (Å²) in [5.41, 5.74) is 2.45. The summed E-state index contributed by atoms with van der Waals surface area (Å²) < 4.78 is 10.4. The van der Waals surface area contributed by atoms with Crippen molar-refractivity contribution in [1.82, 2.24) is 9.97 Å². The number of hydrogen-bond donors (Lipinski definition) is 1. The molecule has 1 N–H and O–H groups in total. The lowest BCUT2D eigenvalue weighted by molar-refractivity contribution is 0.102. The van der Waals surface area contributed by atoms with Gasteiger partial charge in [0, 0.05) is 11.8 Å². The molecular formula is C20H19N3O3. The normalized spacial score (nSPS) is 10.3. The van der Waals surface area contributed by atoms with Crippen LogP contribution in [-0.2, 0) is 0 Å². The van der Waals surface area contributed by atoms with Gasteiger partial charge in [-0.1, -0.05) is 12.1 Å². The fourth-order valence-corrected chi connectivity index (χ4v) is 2.51. The third-order valence-corrected chi connectivity index (χ3v) is 3.93. The minimum absolute atomic E-state index is 0.284. The first-order chi connectivity index (χ1) is 12.6. The van der Waals surface area contributed by atoms with Crippen LogP contribution in [0.25, 0.3) is 11.4 Å². The molecule has 0 saturated heterocycles. The molecule has 2 aromatic carbocycles. The van der Waals surface area contributed by atoms with Crippen LogP contribution >= 0.6 is 0 Å². The molecule has 26 heavy (non-hydrogen) atoms. The van der Waals surface area contributed by atoms with Gasteiger partial charge in [0.15, 0.2) is 5.82 Å². The van der Waals surface area contributed by atoms with E-state index in [2.05, 4.69) is 15.3 Å². The number of benzene rings is 2. The number of carbonyl (C=O) groups is 1. The quantitative estimate of drug-likeness (QED) is 0.760. The maximum atomic E-state index is 12.6. The molecule has 132 valence electrons. The molecule has 3 aromatic rings. The fourth-order valence-electron chi connectivity index (χ4n) is 2.51. The zero-order valence-corrected chi connectivity index (χ0v) is 14.8. The average Bonchev–Trinajstić information content (AvgIpc) is 2.68. The number of rotatable bonds is 5. The molecule has 0 fully saturated rings. The van der Waals surface area contributed by atoms with E-state index in [4.69, 9.17) is 9.47 Å². The number of aryl methyl sites for hydroxylation is 1. The summed E-state index contributed by atoms with van der Waals surface area (Å²) in [4.78, 5) is 21.4. The first-order valence-corrected chi connectivity index (χ1v) is 8.05. The number of carbonyl (C=O) groups excluding carboxylic acids is 1. The largest absolute Gasteiger partial charge is 0.497 e. The Labute approximate surface area is 151 Å². The van der Waals surface area contributed by atoms with Crippen molar-refractivity contribution in [2.24, 2.45) is 0 Å². The Morgan fingerprint density at radius 1 is 1.00 bits per heavy atom. The summed E-state index contributed by atoms with van der Waals surface area (Å²) in [6.07, 6.45) is 1.53. The van der Waals surface area contributed by atoms with Crippen molar-refractivity contribution in [1.29, 1.82) is 0 Å². The van der Waals surface area contributed by atoms with E-state index in [9.17, 15) is 4.79 Å². The van der Waals surface area contributed by atoms with Gasteiger partial charge in [-0.05, 0) is 43.3 Å². The highest BCUT2D eigenvalue weighted by Crippen LogP contribution is 2.24. The Kier molecular flexibility index (Phi) is 5.12. The minimum atomic E-state index is -0.284. The van der Waals surface area contributed by atoms with Gasteiger partial charge in [-0.2, -0.15) is 0 Å². The lowest BCUT2D eigenvalue weighted by atomic mass is 10.1. The van der Waals surface area contributed by atoms with Crippen LogP contribution < -0.4 is 14.8 Å². The summed E-state index contributed by atoms with van der Waals surface area (Å²) in [6, 6.07) is 14.7. The number of nitrogens with zero attached hydrogens (tertiary/aromatic N) is 2. The standard InChI is InChI=1S/C20H19N3O3/c1-13-16(20(24)23-17-6-4-5-7-18(17)26-3)12-21-19(22-13)14-8-10-15(25-2)11-9-14/h4-12H,1-3H3,(H,23,24). The molecule has 6 heteroatoms. The first-order valence-electron chi connectivity index (χ1n) is 8.05. The topological polar surface area (TPSA) is 73.3 Å². The molecule has 0 aliphatic heterocycles. The highest BCUT2D eigenvalue weighted by atomic mass is 16.5. The van der Waals surface area contributed by atoms with Crippen LogP contribution in [0.2, 0.25) is 0 Å². The van der Waals surface area contributed by atoms with Crippen molar-refractivity contribution < 1.29 is 14.3 Å². The Balaban J connectivity index is 1.83. The number of anilines is 1. The molecule has 0 saturated carbocycles. The molecule has 0 radical (unpaired) electrons. The molecule has 0 aliphatic rings. The van der Waals surface area contributed by atoms with Crippen LogP contribution in [0.4, 0.5) is 5.69 Å². The number of hydrogen-bond acceptors (Lipinski definition) is 5. The van der Waals surface area contributed by atoms with Gasteiger partial charge in [-0.3, -0.25) is 4.79 Å². The molecular weight excluding hydrogens is 330 g/mol. The second kappa shape index (κ2) is 7.65. The third-order valence-electron chi connectivity index (χ3n) is 3.93. The summed E-state index contributed by atoms with van der Waals surface area (Å²) in [6.45, 7) is 1.78. The number of ether oxygens (including phenoxy) is 2. The molecule has 0 aliphatic carbocycles. The molecule has 0 unspecified atom stereocenters. The molecule has 6 nitrogen and oxygen atoms in total. The van der Waals surface area contributed by atoms with Gasteiger partial charge < -0.3 is 14.8 Å². The SMILES string of the molecule is COc1ccc(-c2ncc(C(=O)Nc3ccccc3OC)c(C)n2)cc1. The average molecular weight is 349 g/mol. The summed E-state index contributed by atoms with van der Waals surface area (Å²) in [5.74, 6) is 1.62. The van der Waals surface area contributed by atoms with Crippen LogP contribution in [0.15, 0.2) is 54.7 Å². The number of aromatic nitrogens is 2. The summed E-state index contributed by atoms with van der Waals surface area (Å²) >= 11 is 0. The van der Waals surface area contributed by atoms with Crippen LogP contribution in [-0.4, -0.2) is 30.1 Å². The van der Waals surface area contributed by atoms with Crippen molar-refractivity contribution in [3.63, 3.8) is 0 Å². The Bertz CT molecular complexity index is 924. The zero-order chi connectivity index (χ0) is 18.5. The first kappa shape index (κ1) is 17.4. The molecule has 0 bridgehead atoms. The van der Waals surface area contributed by atoms with Crippen molar-refractivity contribution in [2.45, 2.75) is 6.92 Å². The summed E-state index contributed by atoms with van der Waals surface area (Å²) in [7, 11) is 3.17. The van der Waals surface area contributed by atoms with Crippen LogP contribution in [0.3, 0.4) is 0 Å². The van der Waals surface area contributed by atoms with Gasteiger partial charge in [0.25, 0.3) is 5.91 Å². The predicted octanol–water partition coefficient (Wildman–Crippen LogP) is 3.72. The van der Waals surface area contributed by atoms with E-state index in [1.54, 1.807) is 33.3 Å². The van der Waals surface area contributed by atoms with Crippen LogP contribution in [0.5, 0.6) is 11.5 Å². The van der Waals surface area contributed by atoms with E-state index in [1.807, 2.05) is 36.4 Å². The minimum Gasteiger partial charge on any atom is -0.497 e. The Morgan fingerprint density at radius 2 is 1.73 bits per heavy atom. The maximum absolute atomic E-state index is 12.6. The summed E-state index contributed by atoms with van der Waals surface area (Å²) in [5, 5.41) is 2.83. The van der Waals surface area contributed by atoms with Crippen LogP contribution in [0, 0.1) is 6.92 Å². The van der Waals surface area contributed by atoms with E-state index in [-0.39, 0.29) is 5.91 Å². The lowest BCUT2D eigenvalue weighted by Gasteiger charge is -2.11. The highest BCUT2D eigenvalue weighted by molar-refractivity contribution is 6.05.